The van der Waals surface area contributed by atoms with Crippen molar-refractivity contribution in [3.05, 3.63) is 66.0 Å². The lowest BCUT2D eigenvalue weighted by atomic mass is 10.1. The molecule has 0 radical (unpaired) electrons. The van der Waals surface area contributed by atoms with Crippen LogP contribution in [-0.4, -0.2) is 20.3 Å². The van der Waals surface area contributed by atoms with Gasteiger partial charge in [0.1, 0.15) is 0 Å². The van der Waals surface area contributed by atoms with Crippen LogP contribution in [0.2, 0.25) is 0 Å². The molecule has 0 saturated heterocycles. The minimum Gasteiger partial charge on any atom is -0.364 e. The molecule has 128 valence electrons. The number of hydrogen-bond donors (Lipinski definition) is 1. The molecule has 2 heterocycles. The van der Waals surface area contributed by atoms with E-state index in [9.17, 15) is 0 Å². The number of hydrogen-bond acceptors (Lipinski definition) is 6. The van der Waals surface area contributed by atoms with E-state index in [-0.39, 0.29) is 0 Å². The zero-order chi connectivity index (χ0) is 17.3. The summed E-state index contributed by atoms with van der Waals surface area (Å²) in [5.74, 6) is 2.40. The van der Waals surface area contributed by atoms with Gasteiger partial charge in [-0.1, -0.05) is 59.8 Å². The van der Waals surface area contributed by atoms with Crippen LogP contribution in [-0.2, 0) is 6.54 Å². The van der Waals surface area contributed by atoms with Crippen molar-refractivity contribution in [1.82, 2.24) is 20.3 Å². The smallest absolute Gasteiger partial charge is 0.279 e. The van der Waals surface area contributed by atoms with Gasteiger partial charge in [0.25, 0.3) is 5.89 Å². The number of anilines is 1. The quantitative estimate of drug-likeness (QED) is 0.586. The van der Waals surface area contributed by atoms with Gasteiger partial charge in [-0.25, -0.2) is 0 Å². The highest BCUT2D eigenvalue weighted by Gasteiger charge is 2.29. The highest BCUT2D eigenvalue weighted by atomic mass is 16.5. The molecule has 0 atom stereocenters. The molecular weight excluding hydrogens is 326 g/mol. The first kappa shape index (κ1) is 15.0. The fourth-order valence-corrected chi connectivity index (χ4v) is 3.01. The van der Waals surface area contributed by atoms with Crippen LogP contribution < -0.4 is 5.32 Å². The Hall–Kier alpha value is -3.28. The van der Waals surface area contributed by atoms with Crippen LogP contribution in [0.5, 0.6) is 0 Å². The Morgan fingerprint density at radius 1 is 0.923 bits per heavy atom. The molecule has 6 nitrogen and oxygen atoms in total. The average molecular weight is 343 g/mol. The molecule has 0 spiro atoms. The molecule has 1 fully saturated rings. The minimum atomic E-state index is 0.435. The molecular formula is C20H17N5O. The van der Waals surface area contributed by atoms with E-state index in [0.717, 1.165) is 35.3 Å². The van der Waals surface area contributed by atoms with Crippen molar-refractivity contribution in [3.63, 3.8) is 0 Å². The largest absolute Gasteiger partial charge is 0.364 e. The summed E-state index contributed by atoms with van der Waals surface area (Å²) in [5, 5.41) is 18.2. The molecule has 0 unspecified atom stereocenters. The first-order valence-electron chi connectivity index (χ1n) is 8.76. The molecule has 5 rings (SSSR count). The van der Waals surface area contributed by atoms with Crippen LogP contribution in [0.25, 0.3) is 22.4 Å². The van der Waals surface area contributed by atoms with Crippen LogP contribution in [0.15, 0.2) is 59.1 Å². The van der Waals surface area contributed by atoms with E-state index in [1.165, 1.54) is 5.56 Å². The van der Waals surface area contributed by atoms with Gasteiger partial charge in [0, 0.05) is 23.2 Å². The number of benzene rings is 2. The minimum absolute atomic E-state index is 0.435. The number of fused-ring (bicyclic) bond motifs is 1. The lowest BCUT2D eigenvalue weighted by Crippen LogP contribution is -2.04. The Bertz CT molecular complexity index is 1060. The molecule has 1 aliphatic carbocycles. The summed E-state index contributed by atoms with van der Waals surface area (Å²) in [6.07, 6.45) is 2.27. The molecule has 4 aromatic rings. The molecule has 0 aliphatic heterocycles. The summed E-state index contributed by atoms with van der Waals surface area (Å²) in [5.41, 5.74) is 1.82. The van der Waals surface area contributed by atoms with Crippen molar-refractivity contribution in [2.75, 3.05) is 5.32 Å². The van der Waals surface area contributed by atoms with Crippen LogP contribution in [0.1, 0.15) is 30.1 Å². The monoisotopic (exact) mass is 343 g/mol. The van der Waals surface area contributed by atoms with Crippen LogP contribution >= 0.6 is 0 Å². The van der Waals surface area contributed by atoms with E-state index in [0.29, 0.717) is 24.0 Å². The van der Waals surface area contributed by atoms with E-state index in [4.69, 9.17) is 4.52 Å². The Kier molecular flexibility index (Phi) is 3.59. The summed E-state index contributed by atoms with van der Waals surface area (Å²) in [7, 11) is 0. The molecule has 0 amide bonds. The second-order valence-electron chi connectivity index (χ2n) is 6.51. The van der Waals surface area contributed by atoms with Crippen LogP contribution in [0, 0.1) is 0 Å². The average Bonchev–Trinajstić information content (AvgIpc) is 3.44. The first-order chi connectivity index (χ1) is 12.9. The molecule has 2 aromatic carbocycles. The Morgan fingerprint density at radius 2 is 1.69 bits per heavy atom. The Balaban J connectivity index is 1.50. The number of rotatable bonds is 5. The third-order valence-electron chi connectivity index (χ3n) is 4.58. The lowest BCUT2D eigenvalue weighted by molar-refractivity contribution is 0.421. The Morgan fingerprint density at radius 3 is 2.50 bits per heavy atom. The third-order valence-corrected chi connectivity index (χ3v) is 4.58. The van der Waals surface area contributed by atoms with E-state index in [1.54, 1.807) is 0 Å². The standard InChI is InChI=1S/C20H17N5O/c1-2-6-13(7-3-1)12-21-19-16-9-5-4-8-15(16)17(23-24-19)20-22-18(25-26-20)14-10-11-14/h1-9,14H,10-12H2,(H,21,24). The van der Waals surface area contributed by atoms with Crippen LogP contribution in [0.4, 0.5) is 5.82 Å². The zero-order valence-electron chi connectivity index (χ0n) is 14.1. The molecule has 26 heavy (non-hydrogen) atoms. The topological polar surface area (TPSA) is 76.7 Å². The van der Waals surface area contributed by atoms with E-state index >= 15 is 0 Å². The highest BCUT2D eigenvalue weighted by molar-refractivity contribution is 5.98. The lowest BCUT2D eigenvalue weighted by Gasteiger charge is -2.09. The van der Waals surface area contributed by atoms with Gasteiger partial charge < -0.3 is 9.84 Å². The predicted molar refractivity (Wildman–Crippen MR) is 98.6 cm³/mol. The third kappa shape index (κ3) is 2.79. The molecule has 1 saturated carbocycles. The SMILES string of the molecule is c1ccc(CNc2nnc(-c3nc(C4CC4)no3)c3ccccc23)cc1. The summed E-state index contributed by atoms with van der Waals surface area (Å²) >= 11 is 0. The number of nitrogens with zero attached hydrogens (tertiary/aromatic N) is 4. The van der Waals surface area contributed by atoms with Crippen molar-refractivity contribution in [1.29, 1.82) is 0 Å². The van der Waals surface area contributed by atoms with Gasteiger partial charge in [0.15, 0.2) is 17.3 Å². The van der Waals surface area contributed by atoms with Gasteiger partial charge in [-0.3, -0.25) is 0 Å². The van der Waals surface area contributed by atoms with Gasteiger partial charge in [-0.15, -0.1) is 10.2 Å². The number of nitrogens with one attached hydrogen (secondary N) is 1. The summed E-state index contributed by atoms with van der Waals surface area (Å²) in [6.45, 7) is 0.686. The van der Waals surface area contributed by atoms with Gasteiger partial charge in [-0.05, 0) is 18.4 Å². The van der Waals surface area contributed by atoms with Crippen molar-refractivity contribution in [2.24, 2.45) is 0 Å². The van der Waals surface area contributed by atoms with E-state index in [2.05, 4.69) is 37.8 Å². The maximum atomic E-state index is 5.45. The second kappa shape index (κ2) is 6.22. The van der Waals surface area contributed by atoms with Crippen molar-refractivity contribution in [3.8, 4) is 11.6 Å². The molecule has 1 aliphatic rings. The summed E-state index contributed by atoms with van der Waals surface area (Å²) < 4.78 is 5.45. The van der Waals surface area contributed by atoms with Gasteiger partial charge in [0.05, 0.1) is 0 Å². The molecule has 2 aromatic heterocycles. The second-order valence-corrected chi connectivity index (χ2v) is 6.51. The molecule has 1 N–H and O–H groups in total. The van der Waals surface area contributed by atoms with Crippen LogP contribution in [0.3, 0.4) is 0 Å². The predicted octanol–water partition coefficient (Wildman–Crippen LogP) is 4.17. The van der Waals surface area contributed by atoms with Gasteiger partial charge in [0.2, 0.25) is 0 Å². The Labute approximate surface area is 150 Å². The van der Waals surface area contributed by atoms with Crippen molar-refractivity contribution < 1.29 is 4.52 Å². The molecule has 0 bridgehead atoms. The van der Waals surface area contributed by atoms with Crippen molar-refractivity contribution in [2.45, 2.75) is 25.3 Å². The summed E-state index contributed by atoms with van der Waals surface area (Å²) in [6, 6.07) is 18.2. The van der Waals surface area contributed by atoms with Gasteiger partial charge in [-0.2, -0.15) is 4.98 Å². The molecule has 6 heteroatoms. The fourth-order valence-electron chi connectivity index (χ4n) is 3.01. The zero-order valence-corrected chi connectivity index (χ0v) is 14.1. The van der Waals surface area contributed by atoms with Crippen molar-refractivity contribution >= 4 is 16.6 Å². The van der Waals surface area contributed by atoms with Gasteiger partial charge >= 0.3 is 0 Å². The van der Waals surface area contributed by atoms with E-state index in [1.807, 2.05) is 42.5 Å². The maximum absolute atomic E-state index is 5.45. The normalized spacial score (nSPS) is 13.8. The summed E-state index contributed by atoms with van der Waals surface area (Å²) in [4.78, 5) is 4.52. The fraction of sp³-hybridized carbons (Fsp3) is 0.200. The highest BCUT2D eigenvalue weighted by Crippen LogP contribution is 2.39. The van der Waals surface area contributed by atoms with E-state index < -0.39 is 0 Å². The first-order valence-corrected chi connectivity index (χ1v) is 8.76. The maximum Gasteiger partial charge on any atom is 0.279 e. The number of aromatic nitrogens is 4.